The number of hydrogen-bond donors (Lipinski definition) is 5. The number of aliphatic carboxylic acids is 1. The van der Waals surface area contributed by atoms with Gasteiger partial charge >= 0.3 is 5.97 Å². The van der Waals surface area contributed by atoms with Crippen LogP contribution in [0, 0.1) is 25.7 Å². The number of carbonyl (C=O) groups is 3. The van der Waals surface area contributed by atoms with Gasteiger partial charge in [-0.15, -0.1) is 0 Å². The maximum atomic E-state index is 12.1. The van der Waals surface area contributed by atoms with Gasteiger partial charge in [-0.25, -0.2) is 0 Å². The molecule has 2 atom stereocenters. The SMILES string of the molecule is C[C@@H](NC(=O)[C@@H](N)CC(=O)O)C(=O)NC(C1CC1)C1CC1.Cc1ccc(C)c(S(=O)(=O)O)c1. The van der Waals surface area contributed by atoms with Crippen molar-refractivity contribution in [2.24, 2.45) is 17.6 Å². The molecule has 2 amide bonds. The van der Waals surface area contributed by atoms with E-state index in [9.17, 15) is 22.8 Å². The van der Waals surface area contributed by atoms with Crippen LogP contribution in [-0.2, 0) is 24.5 Å². The van der Waals surface area contributed by atoms with Crippen molar-refractivity contribution in [1.29, 1.82) is 0 Å². The summed E-state index contributed by atoms with van der Waals surface area (Å²) in [6, 6.07) is 3.29. The molecule has 3 rings (SSSR count). The summed E-state index contributed by atoms with van der Waals surface area (Å²) in [5.41, 5.74) is 6.83. The van der Waals surface area contributed by atoms with Crippen molar-refractivity contribution in [1.82, 2.24) is 10.6 Å². The van der Waals surface area contributed by atoms with E-state index < -0.39 is 40.5 Å². The lowest BCUT2D eigenvalue weighted by atomic mass is 10.1. The van der Waals surface area contributed by atoms with E-state index in [0.29, 0.717) is 17.4 Å². The molecule has 11 heteroatoms. The number of carboxylic acid groups (broad SMARTS) is 1. The fourth-order valence-corrected chi connectivity index (χ4v) is 4.28. The van der Waals surface area contributed by atoms with Gasteiger partial charge in [0.05, 0.1) is 17.4 Å². The van der Waals surface area contributed by atoms with Gasteiger partial charge in [0.1, 0.15) is 6.04 Å². The normalized spacial score (nSPS) is 17.4. The number of carbonyl (C=O) groups excluding carboxylic acids is 2. The molecular formula is C22H33N3O7S. The summed E-state index contributed by atoms with van der Waals surface area (Å²) in [4.78, 5) is 34.3. The number of aryl methyl sites for hydroxylation is 2. The number of rotatable bonds is 9. The van der Waals surface area contributed by atoms with Crippen LogP contribution < -0.4 is 16.4 Å². The molecule has 0 aliphatic heterocycles. The summed E-state index contributed by atoms with van der Waals surface area (Å²) < 4.78 is 30.3. The number of nitrogens with two attached hydrogens (primary N) is 1. The molecule has 0 unspecified atom stereocenters. The van der Waals surface area contributed by atoms with Gasteiger partial charge in [0, 0.05) is 6.04 Å². The van der Waals surface area contributed by atoms with E-state index in [1.165, 1.54) is 6.07 Å². The van der Waals surface area contributed by atoms with Crippen LogP contribution in [-0.4, -0.2) is 54.0 Å². The summed E-state index contributed by atoms with van der Waals surface area (Å²) >= 11 is 0. The predicted octanol–water partition coefficient (Wildman–Crippen LogP) is 1.15. The van der Waals surface area contributed by atoms with Gasteiger partial charge in [-0.1, -0.05) is 12.1 Å². The minimum Gasteiger partial charge on any atom is -0.481 e. The first-order valence-corrected chi connectivity index (χ1v) is 12.4. The Morgan fingerprint density at radius 2 is 1.61 bits per heavy atom. The van der Waals surface area contributed by atoms with E-state index >= 15 is 0 Å². The number of carboxylic acids is 1. The summed E-state index contributed by atoms with van der Waals surface area (Å²) in [7, 11) is -4.06. The number of nitrogens with one attached hydrogen (secondary N) is 2. The summed E-state index contributed by atoms with van der Waals surface area (Å²) in [5.74, 6) is -0.821. The molecule has 2 saturated carbocycles. The maximum Gasteiger partial charge on any atom is 0.305 e. The minimum atomic E-state index is -4.06. The van der Waals surface area contributed by atoms with E-state index in [1.807, 2.05) is 0 Å². The van der Waals surface area contributed by atoms with Crippen molar-refractivity contribution in [3.05, 3.63) is 29.3 Å². The highest BCUT2D eigenvalue weighted by Crippen LogP contribution is 2.44. The Balaban J connectivity index is 0.000000273. The van der Waals surface area contributed by atoms with Crippen molar-refractivity contribution >= 4 is 27.9 Å². The average molecular weight is 484 g/mol. The molecule has 184 valence electrons. The first-order valence-electron chi connectivity index (χ1n) is 10.9. The Morgan fingerprint density at radius 1 is 1.06 bits per heavy atom. The fourth-order valence-electron chi connectivity index (χ4n) is 3.47. The first kappa shape index (κ1) is 26.7. The topological polar surface area (TPSA) is 176 Å². The molecule has 0 heterocycles. The van der Waals surface area contributed by atoms with Gasteiger partial charge < -0.3 is 21.5 Å². The molecule has 0 radical (unpaired) electrons. The molecular weight excluding hydrogens is 450 g/mol. The fraction of sp³-hybridized carbons (Fsp3) is 0.591. The molecule has 2 fully saturated rings. The van der Waals surface area contributed by atoms with E-state index in [2.05, 4.69) is 10.6 Å². The zero-order valence-corrected chi connectivity index (χ0v) is 19.9. The van der Waals surface area contributed by atoms with Crippen molar-refractivity contribution < 1.29 is 32.5 Å². The number of benzene rings is 1. The second kappa shape index (κ2) is 11.1. The first-order chi connectivity index (χ1) is 15.3. The van der Waals surface area contributed by atoms with Crippen molar-refractivity contribution in [3.63, 3.8) is 0 Å². The lowest BCUT2D eigenvalue weighted by Crippen LogP contribution is -2.53. The quantitative estimate of drug-likeness (QED) is 0.325. The van der Waals surface area contributed by atoms with Crippen LogP contribution in [0.5, 0.6) is 0 Å². The van der Waals surface area contributed by atoms with Crippen molar-refractivity contribution in [2.75, 3.05) is 0 Å². The summed E-state index contributed by atoms with van der Waals surface area (Å²) in [6.45, 7) is 4.99. The molecule has 1 aromatic carbocycles. The smallest absolute Gasteiger partial charge is 0.305 e. The Hall–Kier alpha value is -2.50. The number of amides is 2. The Morgan fingerprint density at radius 3 is 2.03 bits per heavy atom. The molecule has 6 N–H and O–H groups in total. The zero-order valence-electron chi connectivity index (χ0n) is 19.1. The van der Waals surface area contributed by atoms with Gasteiger partial charge in [0.15, 0.2) is 0 Å². The second-order valence-corrected chi connectivity index (χ2v) is 10.3. The van der Waals surface area contributed by atoms with Gasteiger partial charge in [-0.3, -0.25) is 18.9 Å². The van der Waals surface area contributed by atoms with E-state index in [-0.39, 0.29) is 16.8 Å². The molecule has 33 heavy (non-hydrogen) atoms. The molecule has 2 aliphatic carbocycles. The Bertz CT molecular complexity index is 976. The van der Waals surface area contributed by atoms with Crippen LogP contribution in [0.25, 0.3) is 0 Å². The lowest BCUT2D eigenvalue weighted by Gasteiger charge is -2.22. The second-order valence-electron chi connectivity index (χ2n) is 8.89. The summed E-state index contributed by atoms with van der Waals surface area (Å²) in [5, 5.41) is 14.1. The third-order valence-corrected chi connectivity index (χ3v) is 6.67. The van der Waals surface area contributed by atoms with Crippen LogP contribution in [0.2, 0.25) is 0 Å². The molecule has 0 saturated heterocycles. The Kier molecular flexibility index (Phi) is 8.98. The molecule has 0 bridgehead atoms. The lowest BCUT2D eigenvalue weighted by molar-refractivity contribution is -0.139. The third kappa shape index (κ3) is 8.75. The van der Waals surface area contributed by atoms with Crippen LogP contribution in [0.15, 0.2) is 23.1 Å². The van der Waals surface area contributed by atoms with Crippen LogP contribution in [0.3, 0.4) is 0 Å². The minimum absolute atomic E-state index is 0.0116. The van der Waals surface area contributed by atoms with Crippen molar-refractivity contribution in [3.8, 4) is 0 Å². The van der Waals surface area contributed by atoms with Crippen molar-refractivity contribution in [2.45, 2.75) is 75.9 Å². The molecule has 2 aliphatic rings. The standard InChI is InChI=1S/C14H23N3O4.C8H10O3S/c1-7(16-14(21)10(15)6-11(18)19)13(20)17-12(8-2-3-8)9-4-5-9;1-6-3-4-7(2)8(5-6)12(9,10)11/h7-10,12H,2-6,15H2,1H3,(H,16,21)(H,17,20)(H,18,19);3-5H,1-2H3,(H,9,10,11)/t7-,10+;/m1./s1. The third-order valence-electron chi connectivity index (χ3n) is 5.67. The van der Waals surface area contributed by atoms with Gasteiger partial charge in [-0.05, 0) is 75.5 Å². The highest BCUT2D eigenvalue weighted by Gasteiger charge is 2.42. The zero-order chi connectivity index (χ0) is 24.9. The van der Waals surface area contributed by atoms with Crippen LogP contribution in [0.1, 0.15) is 50.2 Å². The van der Waals surface area contributed by atoms with E-state index in [1.54, 1.807) is 32.9 Å². The van der Waals surface area contributed by atoms with E-state index in [4.69, 9.17) is 15.4 Å². The monoisotopic (exact) mass is 483 g/mol. The molecule has 1 aromatic rings. The van der Waals surface area contributed by atoms with Crippen LogP contribution >= 0.6 is 0 Å². The van der Waals surface area contributed by atoms with Gasteiger partial charge in [0.2, 0.25) is 11.8 Å². The molecule has 0 spiro atoms. The highest BCUT2D eigenvalue weighted by molar-refractivity contribution is 7.85. The maximum absolute atomic E-state index is 12.1. The Labute approximate surface area is 194 Å². The van der Waals surface area contributed by atoms with Gasteiger partial charge in [0.25, 0.3) is 10.1 Å². The van der Waals surface area contributed by atoms with E-state index in [0.717, 1.165) is 31.2 Å². The van der Waals surface area contributed by atoms with Crippen LogP contribution in [0.4, 0.5) is 0 Å². The predicted molar refractivity (Wildman–Crippen MR) is 121 cm³/mol. The molecule has 0 aromatic heterocycles. The largest absolute Gasteiger partial charge is 0.481 e. The molecule has 10 nitrogen and oxygen atoms in total. The van der Waals surface area contributed by atoms with Gasteiger partial charge in [-0.2, -0.15) is 8.42 Å². The number of hydrogen-bond acceptors (Lipinski definition) is 6. The average Bonchev–Trinajstić information content (AvgIpc) is 3.60. The summed E-state index contributed by atoms with van der Waals surface area (Å²) in [6.07, 6.45) is 4.18. The highest BCUT2D eigenvalue weighted by atomic mass is 32.2.